The molecular weight excluding hydrogens is 196 g/mol. The second-order valence-electron chi connectivity index (χ2n) is 5.63. The van der Waals surface area contributed by atoms with Gasteiger partial charge in [0.25, 0.3) is 0 Å². The van der Waals surface area contributed by atoms with Crippen molar-refractivity contribution in [3.05, 3.63) is 0 Å². The molecule has 3 unspecified atom stereocenters. The van der Waals surface area contributed by atoms with Gasteiger partial charge in [-0.15, -0.1) is 0 Å². The van der Waals surface area contributed by atoms with Gasteiger partial charge in [-0.2, -0.15) is 0 Å². The highest BCUT2D eigenvalue weighted by molar-refractivity contribution is 4.96. The van der Waals surface area contributed by atoms with E-state index in [0.29, 0.717) is 11.6 Å². The second-order valence-corrected chi connectivity index (χ2v) is 5.63. The minimum atomic E-state index is 0.361. The van der Waals surface area contributed by atoms with Gasteiger partial charge in [0, 0.05) is 30.7 Å². The van der Waals surface area contributed by atoms with Crippen LogP contribution in [0.15, 0.2) is 0 Å². The number of hydrogen-bond donors (Lipinski definition) is 1. The lowest BCUT2D eigenvalue weighted by Gasteiger charge is -2.50. The fourth-order valence-corrected chi connectivity index (χ4v) is 2.88. The summed E-state index contributed by atoms with van der Waals surface area (Å²) in [7, 11) is 0. The van der Waals surface area contributed by atoms with Crippen molar-refractivity contribution < 1.29 is 0 Å². The summed E-state index contributed by atoms with van der Waals surface area (Å²) in [5.74, 6) is 0. The molecular formula is C14H30N2. The Morgan fingerprint density at radius 1 is 1.38 bits per heavy atom. The average molecular weight is 226 g/mol. The molecule has 0 aliphatic carbocycles. The predicted molar refractivity (Wildman–Crippen MR) is 71.9 cm³/mol. The Kier molecular flexibility index (Phi) is 5.26. The van der Waals surface area contributed by atoms with Crippen LogP contribution in [0.4, 0.5) is 0 Å². The Bertz CT molecular complexity index is 205. The van der Waals surface area contributed by atoms with Crippen molar-refractivity contribution in [3.63, 3.8) is 0 Å². The van der Waals surface area contributed by atoms with Crippen molar-refractivity contribution in [2.45, 2.75) is 77.9 Å². The zero-order valence-corrected chi connectivity index (χ0v) is 11.8. The molecule has 1 saturated heterocycles. The first-order valence-corrected chi connectivity index (χ1v) is 7.07. The molecule has 0 amide bonds. The number of rotatable bonds is 5. The third kappa shape index (κ3) is 2.98. The van der Waals surface area contributed by atoms with Crippen LogP contribution < -0.4 is 5.32 Å². The van der Waals surface area contributed by atoms with Gasteiger partial charge in [-0.05, 0) is 33.1 Å². The van der Waals surface area contributed by atoms with Crippen LogP contribution in [0.3, 0.4) is 0 Å². The third-order valence-electron chi connectivity index (χ3n) is 4.38. The van der Waals surface area contributed by atoms with Crippen LogP contribution in [0.2, 0.25) is 0 Å². The van der Waals surface area contributed by atoms with Gasteiger partial charge >= 0.3 is 0 Å². The molecule has 0 saturated carbocycles. The number of nitrogens with zero attached hydrogens (tertiary/aromatic N) is 1. The summed E-state index contributed by atoms with van der Waals surface area (Å²) in [6, 6.07) is 1.42. The molecule has 0 aromatic rings. The van der Waals surface area contributed by atoms with Crippen molar-refractivity contribution in [3.8, 4) is 0 Å². The number of piperazine rings is 1. The lowest BCUT2D eigenvalue weighted by Crippen LogP contribution is -2.65. The molecule has 0 spiro atoms. The third-order valence-corrected chi connectivity index (χ3v) is 4.38. The summed E-state index contributed by atoms with van der Waals surface area (Å²) >= 11 is 0. The molecule has 1 aliphatic rings. The van der Waals surface area contributed by atoms with E-state index >= 15 is 0 Å². The number of nitrogens with one attached hydrogen (secondary N) is 1. The van der Waals surface area contributed by atoms with Crippen LogP contribution in [-0.2, 0) is 0 Å². The van der Waals surface area contributed by atoms with E-state index in [1.54, 1.807) is 0 Å². The molecule has 1 N–H and O–H groups in total. The van der Waals surface area contributed by atoms with Crippen molar-refractivity contribution in [2.24, 2.45) is 0 Å². The molecule has 1 aliphatic heterocycles. The molecule has 3 atom stereocenters. The van der Waals surface area contributed by atoms with Crippen molar-refractivity contribution in [1.82, 2.24) is 10.2 Å². The summed E-state index contributed by atoms with van der Waals surface area (Å²) in [5.41, 5.74) is 0.361. The highest BCUT2D eigenvalue weighted by atomic mass is 15.3. The lowest BCUT2D eigenvalue weighted by atomic mass is 9.89. The van der Waals surface area contributed by atoms with E-state index in [9.17, 15) is 0 Å². The second kappa shape index (κ2) is 6.02. The molecule has 16 heavy (non-hydrogen) atoms. The van der Waals surface area contributed by atoms with Crippen LogP contribution in [0.5, 0.6) is 0 Å². The Morgan fingerprint density at radius 2 is 2.06 bits per heavy atom. The standard InChI is InChI=1S/C14H30N2/c1-6-9-12(4)16-10-13(7-2)15-11-14(16,5)8-3/h12-13,15H,6-11H2,1-5H3. The van der Waals surface area contributed by atoms with Crippen LogP contribution in [-0.4, -0.2) is 35.6 Å². The lowest BCUT2D eigenvalue weighted by molar-refractivity contribution is 0.0125. The fraction of sp³-hybridized carbons (Fsp3) is 1.00. The summed E-state index contributed by atoms with van der Waals surface area (Å²) in [5, 5.41) is 3.70. The smallest absolute Gasteiger partial charge is 0.0306 e. The van der Waals surface area contributed by atoms with Crippen LogP contribution in [0, 0.1) is 0 Å². The zero-order chi connectivity index (χ0) is 12.2. The monoisotopic (exact) mass is 226 g/mol. The van der Waals surface area contributed by atoms with E-state index in [1.165, 1.54) is 32.2 Å². The quantitative estimate of drug-likeness (QED) is 0.775. The van der Waals surface area contributed by atoms with Gasteiger partial charge in [-0.1, -0.05) is 27.2 Å². The minimum Gasteiger partial charge on any atom is -0.311 e. The molecule has 0 radical (unpaired) electrons. The highest BCUT2D eigenvalue weighted by Crippen LogP contribution is 2.27. The zero-order valence-electron chi connectivity index (χ0n) is 11.8. The predicted octanol–water partition coefficient (Wildman–Crippen LogP) is 3.03. The molecule has 1 heterocycles. The van der Waals surface area contributed by atoms with Crippen LogP contribution in [0.1, 0.15) is 60.3 Å². The SMILES string of the molecule is CCCC(C)N1CC(CC)NCC1(C)CC. The maximum absolute atomic E-state index is 3.70. The molecule has 0 bridgehead atoms. The fourth-order valence-electron chi connectivity index (χ4n) is 2.88. The van der Waals surface area contributed by atoms with Gasteiger partial charge in [0.2, 0.25) is 0 Å². The molecule has 1 rings (SSSR count). The average Bonchev–Trinajstić information content (AvgIpc) is 2.30. The van der Waals surface area contributed by atoms with Crippen LogP contribution >= 0.6 is 0 Å². The Morgan fingerprint density at radius 3 is 2.56 bits per heavy atom. The van der Waals surface area contributed by atoms with E-state index in [1.807, 2.05) is 0 Å². The van der Waals surface area contributed by atoms with Gasteiger partial charge < -0.3 is 5.32 Å². The maximum atomic E-state index is 3.70. The van der Waals surface area contributed by atoms with E-state index in [4.69, 9.17) is 0 Å². The number of hydrogen-bond acceptors (Lipinski definition) is 2. The first-order valence-electron chi connectivity index (χ1n) is 7.07. The summed E-state index contributed by atoms with van der Waals surface area (Å²) in [6.45, 7) is 14.1. The van der Waals surface area contributed by atoms with Crippen molar-refractivity contribution >= 4 is 0 Å². The summed E-state index contributed by atoms with van der Waals surface area (Å²) in [6.07, 6.45) is 5.10. The van der Waals surface area contributed by atoms with E-state index in [0.717, 1.165) is 12.6 Å². The normalized spacial score (nSPS) is 33.9. The first-order chi connectivity index (χ1) is 7.57. The Hall–Kier alpha value is -0.0800. The Balaban J connectivity index is 2.71. The van der Waals surface area contributed by atoms with E-state index in [2.05, 4.69) is 44.8 Å². The van der Waals surface area contributed by atoms with Gasteiger partial charge in [0.15, 0.2) is 0 Å². The van der Waals surface area contributed by atoms with Gasteiger partial charge in [-0.3, -0.25) is 4.90 Å². The molecule has 2 heteroatoms. The van der Waals surface area contributed by atoms with Crippen molar-refractivity contribution in [2.75, 3.05) is 13.1 Å². The largest absolute Gasteiger partial charge is 0.311 e. The minimum absolute atomic E-state index is 0.361. The molecule has 0 aromatic heterocycles. The maximum Gasteiger partial charge on any atom is 0.0306 e. The summed E-state index contributed by atoms with van der Waals surface area (Å²) in [4.78, 5) is 2.75. The van der Waals surface area contributed by atoms with E-state index < -0.39 is 0 Å². The van der Waals surface area contributed by atoms with Gasteiger partial charge in [0.1, 0.15) is 0 Å². The van der Waals surface area contributed by atoms with E-state index in [-0.39, 0.29) is 0 Å². The molecule has 96 valence electrons. The molecule has 1 fully saturated rings. The summed E-state index contributed by atoms with van der Waals surface area (Å²) < 4.78 is 0. The van der Waals surface area contributed by atoms with Crippen LogP contribution in [0.25, 0.3) is 0 Å². The molecule has 0 aromatic carbocycles. The highest BCUT2D eigenvalue weighted by Gasteiger charge is 2.37. The first kappa shape index (κ1) is 14.0. The van der Waals surface area contributed by atoms with Gasteiger partial charge in [0.05, 0.1) is 0 Å². The topological polar surface area (TPSA) is 15.3 Å². The Labute approximate surface area is 102 Å². The molecule has 2 nitrogen and oxygen atoms in total. The van der Waals surface area contributed by atoms with Crippen molar-refractivity contribution in [1.29, 1.82) is 0 Å². The van der Waals surface area contributed by atoms with Gasteiger partial charge in [-0.25, -0.2) is 0 Å².